The molecule has 2 aliphatic carbocycles. The molecule has 0 unspecified atom stereocenters. The van der Waals surface area contributed by atoms with Gasteiger partial charge in [0.1, 0.15) is 6.10 Å². The first-order valence-electron chi connectivity index (χ1n) is 12.3. The van der Waals surface area contributed by atoms with Gasteiger partial charge < -0.3 is 19.6 Å². The van der Waals surface area contributed by atoms with Crippen LogP contribution in [0, 0.1) is 24.2 Å². The van der Waals surface area contributed by atoms with Gasteiger partial charge in [-0.15, -0.1) is 0 Å². The second-order valence-electron chi connectivity index (χ2n) is 11.0. The van der Waals surface area contributed by atoms with Crippen LogP contribution in [0.25, 0.3) is 0 Å². The van der Waals surface area contributed by atoms with Crippen molar-refractivity contribution in [2.45, 2.75) is 63.1 Å². The van der Waals surface area contributed by atoms with Gasteiger partial charge in [-0.2, -0.15) is 0 Å². The van der Waals surface area contributed by atoms with Gasteiger partial charge in [-0.25, -0.2) is 0 Å². The van der Waals surface area contributed by atoms with E-state index in [0.717, 1.165) is 43.4 Å². The van der Waals surface area contributed by atoms with Crippen molar-refractivity contribution in [3.8, 4) is 23.3 Å². The number of phenols is 1. The van der Waals surface area contributed by atoms with Gasteiger partial charge in [-0.1, -0.05) is 31.0 Å². The number of likely N-dealkylation sites (N-methyl/N-ethyl adjacent to an activating group) is 2. The Bertz CT molecular complexity index is 1260. The summed E-state index contributed by atoms with van der Waals surface area (Å²) in [7, 11) is 4.10. The third-order valence-corrected chi connectivity index (χ3v) is 9.42. The van der Waals surface area contributed by atoms with Gasteiger partial charge in [0.15, 0.2) is 11.5 Å². The maximum atomic E-state index is 13.2. The highest BCUT2D eigenvalue weighted by molar-refractivity contribution is 5.94. The molecule has 2 aromatic rings. The zero-order valence-corrected chi connectivity index (χ0v) is 20.4. The predicted molar refractivity (Wildman–Crippen MR) is 131 cm³/mol. The minimum atomic E-state index is -0.201. The number of carbonyl (C=O) groups is 1. The van der Waals surface area contributed by atoms with Gasteiger partial charge in [-0.3, -0.25) is 4.79 Å². The number of nitrogens with zero attached hydrogens (tertiary/aromatic N) is 2. The van der Waals surface area contributed by atoms with Gasteiger partial charge in [-0.05, 0) is 80.9 Å². The largest absolute Gasteiger partial charge is 0.504 e. The SMILES string of the molecule is Cc1cccc(C#CC(=O)N(C)[C@H]2CC[C@@]3(C)[C@H]4Cc5ccc(O)c6c5[C@@]3(CCN4C)[C@H]2O6)c1. The first-order valence-corrected chi connectivity index (χ1v) is 12.3. The Hall–Kier alpha value is -2.97. The highest BCUT2D eigenvalue weighted by Crippen LogP contribution is 2.69. The number of benzene rings is 2. The molecule has 2 aromatic carbocycles. The summed E-state index contributed by atoms with van der Waals surface area (Å²) in [4.78, 5) is 17.5. The number of ether oxygens (including phenoxy) is 1. The Morgan fingerprint density at radius 3 is 2.88 bits per heavy atom. The Balaban J connectivity index is 1.40. The highest BCUT2D eigenvalue weighted by Gasteiger charge is 2.71. The fourth-order valence-corrected chi connectivity index (χ4v) is 7.69. The standard InChI is InChI=1S/C29H32N2O3/c1-18-6-5-7-19(16-18)8-11-24(33)31(4)21-12-13-28(2)23-17-20-9-10-22(32)26-25(20)29(28,27(21)34-26)14-15-30(23)3/h5-7,9-10,16,21,23,27,32H,12-15,17H2,1-4H3/t21-,23+,27-,28-,29-/m0/s1. The van der Waals surface area contributed by atoms with Crippen molar-refractivity contribution in [1.82, 2.24) is 9.80 Å². The quantitative estimate of drug-likeness (QED) is 0.666. The van der Waals surface area contributed by atoms with E-state index < -0.39 is 0 Å². The third kappa shape index (κ3) is 2.69. The fraction of sp³-hybridized carbons (Fsp3) is 0.483. The summed E-state index contributed by atoms with van der Waals surface area (Å²) < 4.78 is 6.66. The van der Waals surface area contributed by atoms with Crippen molar-refractivity contribution < 1.29 is 14.6 Å². The summed E-state index contributed by atoms with van der Waals surface area (Å²) in [5.41, 5.74) is 4.30. The lowest BCUT2D eigenvalue weighted by molar-refractivity contribution is -0.147. The maximum absolute atomic E-state index is 13.2. The Morgan fingerprint density at radius 2 is 2.09 bits per heavy atom. The summed E-state index contributed by atoms with van der Waals surface area (Å²) in [6.07, 6.45) is 3.65. The highest BCUT2D eigenvalue weighted by atomic mass is 16.5. The van der Waals surface area contributed by atoms with Crippen LogP contribution in [-0.2, 0) is 16.6 Å². The van der Waals surface area contributed by atoms with E-state index in [4.69, 9.17) is 4.74 Å². The molecule has 5 atom stereocenters. The number of phenolic OH excluding ortho intramolecular Hbond substituents is 1. The molecule has 1 saturated heterocycles. The Kier molecular flexibility index (Phi) is 4.60. The summed E-state index contributed by atoms with van der Waals surface area (Å²) in [5, 5.41) is 10.8. The first-order chi connectivity index (χ1) is 16.3. The van der Waals surface area contributed by atoms with Crippen molar-refractivity contribution in [1.29, 1.82) is 0 Å². The number of aromatic hydroxyl groups is 1. The Morgan fingerprint density at radius 1 is 1.26 bits per heavy atom. The van der Waals surface area contributed by atoms with Crippen LogP contribution in [0.5, 0.6) is 11.5 Å². The molecule has 1 saturated carbocycles. The van der Waals surface area contributed by atoms with Crippen LogP contribution in [0.1, 0.15) is 48.4 Å². The number of aryl methyl sites for hydroxylation is 1. The lowest BCUT2D eigenvalue weighted by atomic mass is 9.43. The fourth-order valence-electron chi connectivity index (χ4n) is 7.69. The smallest absolute Gasteiger partial charge is 0.298 e. The van der Waals surface area contributed by atoms with Crippen molar-refractivity contribution in [3.05, 3.63) is 58.7 Å². The number of rotatable bonds is 1. The number of hydrogen-bond acceptors (Lipinski definition) is 4. The maximum Gasteiger partial charge on any atom is 0.298 e. The lowest BCUT2D eigenvalue weighted by Gasteiger charge is -2.65. The second-order valence-corrected chi connectivity index (χ2v) is 11.0. The van der Waals surface area contributed by atoms with Gasteiger partial charge in [0.2, 0.25) is 0 Å². The zero-order chi connectivity index (χ0) is 23.8. The molecule has 5 heteroatoms. The molecule has 6 rings (SSSR count). The van der Waals surface area contributed by atoms with Crippen molar-refractivity contribution in [3.63, 3.8) is 0 Å². The van der Waals surface area contributed by atoms with E-state index in [0.29, 0.717) is 11.8 Å². The van der Waals surface area contributed by atoms with E-state index >= 15 is 0 Å². The van der Waals surface area contributed by atoms with Crippen LogP contribution in [-0.4, -0.2) is 59.6 Å². The molecule has 5 nitrogen and oxygen atoms in total. The summed E-state index contributed by atoms with van der Waals surface area (Å²) >= 11 is 0. The number of hydrogen-bond donors (Lipinski definition) is 1. The van der Waals surface area contributed by atoms with Crippen LogP contribution in [0.2, 0.25) is 0 Å². The van der Waals surface area contributed by atoms with Crippen LogP contribution < -0.4 is 4.74 Å². The molecule has 34 heavy (non-hydrogen) atoms. The van der Waals surface area contributed by atoms with Gasteiger partial charge in [0.25, 0.3) is 5.91 Å². The van der Waals surface area contributed by atoms with E-state index in [1.54, 1.807) is 11.0 Å². The number of amides is 1. The monoisotopic (exact) mass is 456 g/mol. The van der Waals surface area contributed by atoms with Crippen LogP contribution in [0.4, 0.5) is 0 Å². The van der Waals surface area contributed by atoms with E-state index in [-0.39, 0.29) is 34.6 Å². The predicted octanol–water partition coefficient (Wildman–Crippen LogP) is 3.64. The van der Waals surface area contributed by atoms with Gasteiger partial charge >= 0.3 is 0 Å². The molecule has 1 N–H and O–H groups in total. The van der Waals surface area contributed by atoms with E-state index in [9.17, 15) is 9.90 Å². The normalized spacial score (nSPS) is 32.8. The molecule has 0 radical (unpaired) electrons. The average Bonchev–Trinajstić information content (AvgIpc) is 3.17. The number of carbonyl (C=O) groups excluding carboxylic acids is 1. The third-order valence-electron chi connectivity index (χ3n) is 9.42. The molecule has 0 aromatic heterocycles. The molecule has 1 amide bonds. The number of piperidine rings is 1. The van der Waals surface area contributed by atoms with Crippen molar-refractivity contribution in [2.24, 2.45) is 5.41 Å². The minimum absolute atomic E-state index is 0.0321. The molecule has 1 spiro atoms. The van der Waals surface area contributed by atoms with Crippen molar-refractivity contribution in [2.75, 3.05) is 20.6 Å². The summed E-state index contributed by atoms with van der Waals surface area (Å²) in [6, 6.07) is 12.1. The Labute approximate surface area is 201 Å². The average molecular weight is 457 g/mol. The van der Waals surface area contributed by atoms with Crippen LogP contribution in [0.3, 0.4) is 0 Å². The summed E-state index contributed by atoms with van der Waals surface area (Å²) in [6.45, 7) is 5.43. The molecule has 2 bridgehead atoms. The summed E-state index contributed by atoms with van der Waals surface area (Å²) in [5.74, 6) is 6.59. The minimum Gasteiger partial charge on any atom is -0.504 e. The molecule has 176 valence electrons. The molecule has 4 aliphatic rings. The topological polar surface area (TPSA) is 53.0 Å². The van der Waals surface area contributed by atoms with E-state index in [2.05, 4.69) is 36.8 Å². The van der Waals surface area contributed by atoms with E-state index in [1.807, 2.05) is 38.2 Å². The lowest BCUT2D eigenvalue weighted by Crippen LogP contribution is -2.73. The molecular weight excluding hydrogens is 424 g/mol. The molecule has 2 aliphatic heterocycles. The zero-order valence-electron chi connectivity index (χ0n) is 20.4. The molecular formula is C29H32N2O3. The van der Waals surface area contributed by atoms with Crippen LogP contribution >= 0.6 is 0 Å². The van der Waals surface area contributed by atoms with Gasteiger partial charge in [0.05, 0.1) is 6.04 Å². The molecule has 2 fully saturated rings. The van der Waals surface area contributed by atoms with E-state index in [1.165, 1.54) is 11.1 Å². The first kappa shape index (κ1) is 21.6. The second kappa shape index (κ2) is 7.26. The van der Waals surface area contributed by atoms with Crippen LogP contribution in [0.15, 0.2) is 36.4 Å². The van der Waals surface area contributed by atoms with Gasteiger partial charge in [0, 0.05) is 35.6 Å². The number of likely N-dealkylation sites (tertiary alicyclic amines) is 1. The van der Waals surface area contributed by atoms with Crippen molar-refractivity contribution >= 4 is 5.91 Å². The molecule has 2 heterocycles.